The van der Waals surface area contributed by atoms with Crippen LogP contribution in [0.3, 0.4) is 0 Å². The normalized spacial score (nSPS) is 11.3. The third kappa shape index (κ3) is 5.01. The number of hydrogen-bond acceptors (Lipinski definition) is 6. The number of carbonyl (C=O) groups is 2. The molecule has 0 heterocycles. The second-order valence-electron chi connectivity index (χ2n) is 5.39. The van der Waals surface area contributed by atoms with Crippen LogP contribution in [0.5, 0.6) is 0 Å². The number of benzene rings is 1. The summed E-state index contributed by atoms with van der Waals surface area (Å²) in [6.45, 7) is 5.06. The first kappa shape index (κ1) is 17.4. The molecular weight excluding hydrogens is 290 g/mol. The smallest absolute Gasteiger partial charge is 0.339 e. The molecule has 0 unspecified atom stereocenters. The van der Waals surface area contributed by atoms with E-state index in [2.05, 4.69) is 4.74 Å². The average Bonchev–Trinajstić information content (AvgIpc) is 2.42. The van der Waals surface area contributed by atoms with Crippen molar-refractivity contribution in [3.05, 3.63) is 45.5 Å². The minimum absolute atomic E-state index is 0.00396. The summed E-state index contributed by atoms with van der Waals surface area (Å²) in [5.74, 6) is -1.31. The van der Waals surface area contributed by atoms with Gasteiger partial charge in [-0.05, 0) is 38.5 Å². The number of hydrogen-bond donors (Lipinski definition) is 0. The number of ether oxygens (including phenoxy) is 2. The number of nitro benzene ring substituents is 1. The Labute approximate surface area is 127 Å². The molecule has 0 aliphatic carbocycles. The Morgan fingerprint density at radius 1 is 1.27 bits per heavy atom. The largest absolute Gasteiger partial charge is 0.466 e. The summed E-state index contributed by atoms with van der Waals surface area (Å²) in [5.41, 5.74) is -0.656. The van der Waals surface area contributed by atoms with E-state index in [4.69, 9.17) is 4.74 Å². The predicted molar refractivity (Wildman–Crippen MR) is 79.3 cm³/mol. The lowest BCUT2D eigenvalue weighted by Crippen LogP contribution is -2.24. The van der Waals surface area contributed by atoms with Crippen molar-refractivity contribution >= 4 is 23.7 Å². The zero-order valence-electron chi connectivity index (χ0n) is 12.8. The molecule has 7 heteroatoms. The fourth-order valence-electron chi connectivity index (χ4n) is 1.54. The highest BCUT2D eigenvalue weighted by molar-refractivity contribution is 5.96. The minimum atomic E-state index is -0.745. The van der Waals surface area contributed by atoms with Gasteiger partial charge in [0.05, 0.1) is 17.6 Å². The van der Waals surface area contributed by atoms with Gasteiger partial charge in [0.25, 0.3) is 5.69 Å². The highest BCUT2D eigenvalue weighted by Gasteiger charge is 2.22. The Hall–Kier alpha value is -2.70. The van der Waals surface area contributed by atoms with Crippen molar-refractivity contribution in [2.24, 2.45) is 0 Å². The summed E-state index contributed by atoms with van der Waals surface area (Å²) in [5, 5.41) is 10.8. The Kier molecular flexibility index (Phi) is 5.39. The maximum Gasteiger partial charge on any atom is 0.339 e. The number of nitrogens with zero attached hydrogens (tertiary/aromatic N) is 1. The highest BCUT2D eigenvalue weighted by atomic mass is 16.6. The molecule has 1 aromatic rings. The topological polar surface area (TPSA) is 95.7 Å². The molecule has 0 radical (unpaired) electrons. The third-order valence-corrected chi connectivity index (χ3v) is 2.47. The van der Waals surface area contributed by atoms with Gasteiger partial charge in [0.15, 0.2) is 0 Å². The first-order valence-electron chi connectivity index (χ1n) is 6.42. The number of carbonyl (C=O) groups excluding carboxylic acids is 2. The van der Waals surface area contributed by atoms with E-state index >= 15 is 0 Å². The number of esters is 2. The van der Waals surface area contributed by atoms with E-state index in [-0.39, 0.29) is 11.3 Å². The van der Waals surface area contributed by atoms with Crippen molar-refractivity contribution in [1.82, 2.24) is 0 Å². The number of rotatable bonds is 4. The molecule has 0 atom stereocenters. The standard InChI is InChI=1S/C15H17NO6/c1-15(2,3)22-14(18)12-9-11(16(19)20)7-5-10(12)6-8-13(17)21-4/h5-9H,1-4H3/b8-6+. The van der Waals surface area contributed by atoms with Crippen LogP contribution in [0.2, 0.25) is 0 Å². The van der Waals surface area contributed by atoms with Crippen LogP contribution in [0.15, 0.2) is 24.3 Å². The van der Waals surface area contributed by atoms with Gasteiger partial charge in [0.1, 0.15) is 5.60 Å². The van der Waals surface area contributed by atoms with Crippen LogP contribution in [-0.2, 0) is 14.3 Å². The lowest BCUT2D eigenvalue weighted by molar-refractivity contribution is -0.384. The van der Waals surface area contributed by atoms with Crippen molar-refractivity contribution in [1.29, 1.82) is 0 Å². The van der Waals surface area contributed by atoms with Crippen LogP contribution in [0, 0.1) is 10.1 Å². The third-order valence-electron chi connectivity index (χ3n) is 2.47. The first-order valence-corrected chi connectivity index (χ1v) is 6.42. The molecule has 0 saturated carbocycles. The van der Waals surface area contributed by atoms with Crippen LogP contribution >= 0.6 is 0 Å². The molecule has 0 fully saturated rings. The Morgan fingerprint density at radius 2 is 1.91 bits per heavy atom. The number of methoxy groups -OCH3 is 1. The molecule has 0 aliphatic heterocycles. The van der Waals surface area contributed by atoms with E-state index < -0.39 is 22.5 Å². The molecule has 22 heavy (non-hydrogen) atoms. The summed E-state index contributed by atoms with van der Waals surface area (Å²) >= 11 is 0. The van der Waals surface area contributed by atoms with E-state index in [9.17, 15) is 19.7 Å². The van der Waals surface area contributed by atoms with Gasteiger partial charge in [-0.1, -0.05) is 0 Å². The fourth-order valence-corrected chi connectivity index (χ4v) is 1.54. The van der Waals surface area contributed by atoms with Crippen LogP contribution in [0.1, 0.15) is 36.7 Å². The van der Waals surface area contributed by atoms with Crippen molar-refractivity contribution < 1.29 is 24.0 Å². The van der Waals surface area contributed by atoms with Crippen molar-refractivity contribution in [2.75, 3.05) is 7.11 Å². The first-order chi connectivity index (χ1) is 10.1. The number of non-ortho nitro benzene ring substituents is 1. The van der Waals surface area contributed by atoms with Crippen molar-refractivity contribution in [3.8, 4) is 0 Å². The Balaban J connectivity index is 3.26. The highest BCUT2D eigenvalue weighted by Crippen LogP contribution is 2.22. The van der Waals surface area contributed by atoms with Gasteiger partial charge in [-0.2, -0.15) is 0 Å². The Bertz CT molecular complexity index is 627. The van der Waals surface area contributed by atoms with Gasteiger partial charge in [0.2, 0.25) is 0 Å². The molecule has 7 nitrogen and oxygen atoms in total. The zero-order valence-corrected chi connectivity index (χ0v) is 12.8. The maximum absolute atomic E-state index is 12.2. The van der Waals surface area contributed by atoms with Gasteiger partial charge in [-0.15, -0.1) is 0 Å². The molecule has 0 aromatic heterocycles. The van der Waals surface area contributed by atoms with Crippen LogP contribution in [0.25, 0.3) is 6.08 Å². The van der Waals surface area contributed by atoms with E-state index in [0.717, 1.165) is 12.1 Å². The summed E-state index contributed by atoms with van der Waals surface area (Å²) in [7, 11) is 1.22. The molecule has 0 N–H and O–H groups in total. The predicted octanol–water partition coefficient (Wildman–Crippen LogP) is 2.74. The summed E-state index contributed by atoms with van der Waals surface area (Å²) in [6.07, 6.45) is 2.46. The average molecular weight is 307 g/mol. The van der Waals surface area contributed by atoms with Crippen LogP contribution in [-0.4, -0.2) is 29.6 Å². The monoisotopic (exact) mass is 307 g/mol. The Morgan fingerprint density at radius 3 is 2.41 bits per heavy atom. The zero-order chi connectivity index (χ0) is 16.9. The quantitative estimate of drug-likeness (QED) is 0.367. The van der Waals surface area contributed by atoms with Gasteiger partial charge in [-0.25, -0.2) is 9.59 Å². The van der Waals surface area contributed by atoms with Crippen LogP contribution in [0.4, 0.5) is 5.69 Å². The SMILES string of the molecule is COC(=O)/C=C/c1ccc([N+](=O)[O-])cc1C(=O)OC(C)(C)C. The fraction of sp³-hybridized carbons (Fsp3) is 0.333. The second-order valence-corrected chi connectivity index (χ2v) is 5.39. The molecule has 0 saturated heterocycles. The molecule has 118 valence electrons. The minimum Gasteiger partial charge on any atom is -0.466 e. The molecule has 0 bridgehead atoms. The summed E-state index contributed by atoms with van der Waals surface area (Å²) < 4.78 is 9.69. The van der Waals surface area contributed by atoms with E-state index in [1.807, 2.05) is 0 Å². The molecular formula is C15H17NO6. The van der Waals surface area contributed by atoms with E-state index in [1.165, 1.54) is 25.3 Å². The summed E-state index contributed by atoms with van der Waals surface area (Å²) in [6, 6.07) is 3.73. The molecule has 0 aliphatic rings. The molecule has 1 rings (SSSR count). The van der Waals surface area contributed by atoms with E-state index in [1.54, 1.807) is 20.8 Å². The van der Waals surface area contributed by atoms with Gasteiger partial charge in [-0.3, -0.25) is 10.1 Å². The van der Waals surface area contributed by atoms with Crippen molar-refractivity contribution in [2.45, 2.75) is 26.4 Å². The lowest BCUT2D eigenvalue weighted by Gasteiger charge is -2.20. The van der Waals surface area contributed by atoms with Crippen molar-refractivity contribution in [3.63, 3.8) is 0 Å². The molecule has 0 spiro atoms. The maximum atomic E-state index is 12.2. The number of nitro groups is 1. The second kappa shape index (κ2) is 6.84. The van der Waals surface area contributed by atoms with Gasteiger partial charge in [0, 0.05) is 18.2 Å². The lowest BCUT2D eigenvalue weighted by atomic mass is 10.1. The van der Waals surface area contributed by atoms with Gasteiger partial charge < -0.3 is 9.47 Å². The molecule has 1 aromatic carbocycles. The van der Waals surface area contributed by atoms with E-state index in [0.29, 0.717) is 5.56 Å². The molecule has 0 amide bonds. The van der Waals surface area contributed by atoms with Gasteiger partial charge >= 0.3 is 11.9 Å². The van der Waals surface area contributed by atoms with Crippen LogP contribution < -0.4 is 0 Å². The summed E-state index contributed by atoms with van der Waals surface area (Å²) in [4.78, 5) is 33.5.